The van der Waals surface area contributed by atoms with Crippen molar-refractivity contribution in [1.29, 1.82) is 0 Å². The van der Waals surface area contributed by atoms with E-state index in [9.17, 15) is 0 Å². The molecule has 0 bridgehead atoms. The van der Waals surface area contributed by atoms with Crippen LogP contribution in [0.15, 0.2) is 33.7 Å². The zero-order chi connectivity index (χ0) is 14.8. The average molecular weight is 344 g/mol. The minimum atomic E-state index is 0.207. The van der Waals surface area contributed by atoms with Crippen LogP contribution < -0.4 is 15.4 Å². The van der Waals surface area contributed by atoms with Crippen LogP contribution in [-0.2, 0) is 4.74 Å². The first kappa shape index (κ1) is 16.8. The van der Waals surface area contributed by atoms with Crippen LogP contribution in [0.3, 0.4) is 0 Å². The SMILES string of the molecule is CN=C(NCCOc1ccc(Br)cc1)NC(C)COC. The van der Waals surface area contributed by atoms with Crippen LogP contribution in [0.1, 0.15) is 6.92 Å². The molecule has 0 aliphatic rings. The molecule has 0 heterocycles. The number of guanidine groups is 1. The van der Waals surface area contributed by atoms with Crippen LogP contribution in [0.25, 0.3) is 0 Å². The second kappa shape index (κ2) is 9.61. The number of nitrogens with zero attached hydrogens (tertiary/aromatic N) is 1. The van der Waals surface area contributed by atoms with E-state index in [0.717, 1.165) is 16.2 Å². The summed E-state index contributed by atoms with van der Waals surface area (Å²) in [6.45, 7) is 3.92. The van der Waals surface area contributed by atoms with E-state index in [2.05, 4.69) is 31.6 Å². The Bertz CT molecular complexity index is 409. The number of benzene rings is 1. The van der Waals surface area contributed by atoms with Crippen LogP contribution >= 0.6 is 15.9 Å². The first-order valence-electron chi connectivity index (χ1n) is 6.50. The quantitative estimate of drug-likeness (QED) is 0.452. The summed E-state index contributed by atoms with van der Waals surface area (Å²) in [4.78, 5) is 4.14. The van der Waals surface area contributed by atoms with E-state index in [-0.39, 0.29) is 6.04 Å². The third-order valence-corrected chi connectivity index (χ3v) is 3.03. The number of methoxy groups -OCH3 is 1. The van der Waals surface area contributed by atoms with Crippen molar-refractivity contribution in [2.45, 2.75) is 13.0 Å². The molecule has 5 nitrogen and oxygen atoms in total. The van der Waals surface area contributed by atoms with Gasteiger partial charge in [-0.1, -0.05) is 15.9 Å². The van der Waals surface area contributed by atoms with Gasteiger partial charge in [0.1, 0.15) is 12.4 Å². The minimum Gasteiger partial charge on any atom is -0.492 e. The van der Waals surface area contributed by atoms with Crippen molar-refractivity contribution in [1.82, 2.24) is 10.6 Å². The highest BCUT2D eigenvalue weighted by Crippen LogP contribution is 2.15. The molecule has 1 atom stereocenters. The highest BCUT2D eigenvalue weighted by molar-refractivity contribution is 9.10. The second-order valence-electron chi connectivity index (χ2n) is 4.30. The van der Waals surface area contributed by atoms with Crippen LogP contribution in [-0.4, -0.2) is 45.9 Å². The summed E-state index contributed by atoms with van der Waals surface area (Å²) in [5.41, 5.74) is 0. The lowest BCUT2D eigenvalue weighted by Crippen LogP contribution is -2.45. The zero-order valence-electron chi connectivity index (χ0n) is 12.1. The summed E-state index contributed by atoms with van der Waals surface area (Å²) >= 11 is 3.39. The molecule has 0 saturated carbocycles. The molecule has 0 radical (unpaired) electrons. The molecule has 1 aromatic carbocycles. The van der Waals surface area contributed by atoms with Gasteiger partial charge < -0.3 is 20.1 Å². The van der Waals surface area contributed by atoms with E-state index < -0.39 is 0 Å². The van der Waals surface area contributed by atoms with Gasteiger partial charge in [-0.2, -0.15) is 0 Å². The Labute approximate surface area is 128 Å². The van der Waals surface area contributed by atoms with Crippen molar-refractivity contribution in [2.24, 2.45) is 4.99 Å². The molecular weight excluding hydrogens is 322 g/mol. The lowest BCUT2D eigenvalue weighted by atomic mass is 10.3. The van der Waals surface area contributed by atoms with E-state index in [1.54, 1.807) is 14.2 Å². The molecule has 0 aromatic heterocycles. The maximum absolute atomic E-state index is 5.62. The van der Waals surface area contributed by atoms with Crippen molar-refractivity contribution < 1.29 is 9.47 Å². The summed E-state index contributed by atoms with van der Waals surface area (Å²) in [6.07, 6.45) is 0. The Balaban J connectivity index is 2.23. The van der Waals surface area contributed by atoms with Crippen LogP contribution in [0.5, 0.6) is 5.75 Å². The third-order valence-electron chi connectivity index (χ3n) is 2.50. The second-order valence-corrected chi connectivity index (χ2v) is 5.22. The van der Waals surface area contributed by atoms with Gasteiger partial charge in [0.05, 0.1) is 13.2 Å². The number of ether oxygens (including phenoxy) is 2. The van der Waals surface area contributed by atoms with Gasteiger partial charge in [-0.05, 0) is 31.2 Å². The van der Waals surface area contributed by atoms with E-state index in [1.807, 2.05) is 31.2 Å². The lowest BCUT2D eigenvalue weighted by molar-refractivity contribution is 0.179. The molecule has 0 fully saturated rings. The summed E-state index contributed by atoms with van der Waals surface area (Å²) < 4.78 is 11.7. The third kappa shape index (κ3) is 6.77. The average Bonchev–Trinajstić information content (AvgIpc) is 2.44. The van der Waals surface area contributed by atoms with E-state index in [4.69, 9.17) is 9.47 Å². The molecule has 20 heavy (non-hydrogen) atoms. The normalized spacial score (nSPS) is 12.9. The Hall–Kier alpha value is -1.27. The monoisotopic (exact) mass is 343 g/mol. The van der Waals surface area contributed by atoms with E-state index >= 15 is 0 Å². The maximum Gasteiger partial charge on any atom is 0.191 e. The van der Waals surface area contributed by atoms with E-state index in [1.165, 1.54) is 0 Å². The standard InChI is InChI=1S/C14H22BrN3O2/c1-11(10-19-3)18-14(16-2)17-8-9-20-13-6-4-12(15)5-7-13/h4-7,11H,8-10H2,1-3H3,(H2,16,17,18). The number of hydrogen-bond donors (Lipinski definition) is 2. The number of aliphatic imine (C=N–C) groups is 1. The predicted molar refractivity (Wildman–Crippen MR) is 85.5 cm³/mol. The summed E-state index contributed by atoms with van der Waals surface area (Å²) in [7, 11) is 3.42. The van der Waals surface area contributed by atoms with Gasteiger partial charge in [0.25, 0.3) is 0 Å². The number of halogens is 1. The van der Waals surface area contributed by atoms with Crippen molar-refractivity contribution in [3.05, 3.63) is 28.7 Å². The van der Waals surface area contributed by atoms with Gasteiger partial charge in [-0.3, -0.25) is 4.99 Å². The van der Waals surface area contributed by atoms with Gasteiger partial charge in [-0.15, -0.1) is 0 Å². The van der Waals surface area contributed by atoms with Crippen LogP contribution in [0, 0.1) is 0 Å². The van der Waals surface area contributed by atoms with Crippen molar-refractivity contribution >= 4 is 21.9 Å². The largest absolute Gasteiger partial charge is 0.492 e. The fourth-order valence-corrected chi connectivity index (χ4v) is 1.85. The molecule has 6 heteroatoms. The first-order valence-corrected chi connectivity index (χ1v) is 7.29. The smallest absolute Gasteiger partial charge is 0.191 e. The molecule has 0 amide bonds. The highest BCUT2D eigenvalue weighted by atomic mass is 79.9. The Kier molecular flexibility index (Phi) is 8.06. The number of rotatable bonds is 7. The maximum atomic E-state index is 5.62. The van der Waals surface area contributed by atoms with Gasteiger partial charge in [-0.25, -0.2) is 0 Å². The summed E-state index contributed by atoms with van der Waals surface area (Å²) in [5.74, 6) is 1.60. The van der Waals surface area contributed by atoms with E-state index in [0.29, 0.717) is 19.8 Å². The van der Waals surface area contributed by atoms with Gasteiger partial charge in [0, 0.05) is 24.7 Å². The Morgan fingerprint density at radius 3 is 2.65 bits per heavy atom. The zero-order valence-corrected chi connectivity index (χ0v) is 13.7. The summed E-state index contributed by atoms with van der Waals surface area (Å²) in [6, 6.07) is 7.97. The number of hydrogen-bond acceptors (Lipinski definition) is 3. The highest BCUT2D eigenvalue weighted by Gasteiger charge is 2.03. The van der Waals surface area contributed by atoms with Gasteiger partial charge in [0.2, 0.25) is 0 Å². The van der Waals surface area contributed by atoms with Crippen molar-refractivity contribution in [3.63, 3.8) is 0 Å². The van der Waals surface area contributed by atoms with Crippen molar-refractivity contribution in [2.75, 3.05) is 33.9 Å². The molecule has 0 aliphatic heterocycles. The molecule has 112 valence electrons. The van der Waals surface area contributed by atoms with Crippen LogP contribution in [0.4, 0.5) is 0 Å². The molecule has 0 saturated heterocycles. The minimum absolute atomic E-state index is 0.207. The molecule has 0 spiro atoms. The topological polar surface area (TPSA) is 54.9 Å². The van der Waals surface area contributed by atoms with Crippen LogP contribution in [0.2, 0.25) is 0 Å². The molecule has 1 unspecified atom stereocenters. The lowest BCUT2D eigenvalue weighted by Gasteiger charge is -2.17. The molecule has 1 aromatic rings. The molecular formula is C14H22BrN3O2. The predicted octanol–water partition coefficient (Wildman–Crippen LogP) is 2.03. The fraction of sp³-hybridized carbons (Fsp3) is 0.500. The summed E-state index contributed by atoms with van der Waals surface area (Å²) in [5, 5.41) is 6.42. The fourth-order valence-electron chi connectivity index (χ4n) is 1.59. The Morgan fingerprint density at radius 1 is 1.35 bits per heavy atom. The molecule has 1 rings (SSSR count). The molecule has 0 aliphatic carbocycles. The Morgan fingerprint density at radius 2 is 2.05 bits per heavy atom. The molecule has 2 N–H and O–H groups in total. The van der Waals surface area contributed by atoms with Crippen molar-refractivity contribution in [3.8, 4) is 5.75 Å². The number of nitrogens with one attached hydrogen (secondary N) is 2. The van der Waals surface area contributed by atoms with Gasteiger partial charge >= 0.3 is 0 Å². The first-order chi connectivity index (χ1) is 9.65. The van der Waals surface area contributed by atoms with Gasteiger partial charge in [0.15, 0.2) is 5.96 Å².